The largest absolute Gasteiger partial charge is 0.458 e. The quantitative estimate of drug-likeness (QED) is 0.563. The van der Waals surface area contributed by atoms with E-state index in [9.17, 15) is 0 Å². The smallest absolute Gasteiger partial charge is 0.223 e. The highest BCUT2D eigenvalue weighted by molar-refractivity contribution is 5.78. The molecule has 1 aliphatic rings. The van der Waals surface area contributed by atoms with Gasteiger partial charge in [-0.05, 0) is 12.1 Å². The number of hydrogen-bond acceptors (Lipinski definition) is 5. The zero-order valence-corrected chi connectivity index (χ0v) is 13.8. The van der Waals surface area contributed by atoms with Crippen LogP contribution in [0.3, 0.4) is 0 Å². The molecule has 4 heterocycles. The Balaban J connectivity index is 1.65. The zero-order valence-electron chi connectivity index (χ0n) is 13.8. The van der Waals surface area contributed by atoms with Crippen LogP contribution in [0.5, 0.6) is 0 Å². The molecule has 0 bridgehead atoms. The van der Waals surface area contributed by atoms with Gasteiger partial charge in [0.1, 0.15) is 17.4 Å². The van der Waals surface area contributed by atoms with Gasteiger partial charge < -0.3 is 14.3 Å². The van der Waals surface area contributed by atoms with E-state index in [1.54, 1.807) is 18.7 Å². The second kappa shape index (κ2) is 5.70. The third kappa shape index (κ3) is 2.24. The first-order chi connectivity index (χ1) is 12.8. The van der Waals surface area contributed by atoms with Gasteiger partial charge in [-0.1, -0.05) is 18.2 Å². The molecule has 1 aliphatic heterocycles. The fourth-order valence-electron chi connectivity index (χ4n) is 3.44. The molecule has 0 saturated carbocycles. The third-order valence-corrected chi connectivity index (χ3v) is 4.65. The fraction of sp³-hybridized carbons (Fsp3) is 0.158. The average molecular weight is 342 g/mol. The van der Waals surface area contributed by atoms with Gasteiger partial charge in [-0.3, -0.25) is 0 Å². The second-order valence-electron chi connectivity index (χ2n) is 6.15. The van der Waals surface area contributed by atoms with Gasteiger partial charge in [0.2, 0.25) is 11.6 Å². The number of aromatic amines is 1. The summed E-state index contributed by atoms with van der Waals surface area (Å²) in [6.45, 7) is 7.80. The van der Waals surface area contributed by atoms with Crippen molar-refractivity contribution in [1.29, 1.82) is 0 Å². The minimum atomic E-state index is -0.212. The van der Waals surface area contributed by atoms with Crippen molar-refractivity contribution in [2.24, 2.45) is 0 Å². The molecule has 0 radical (unpaired) electrons. The molecule has 0 amide bonds. The summed E-state index contributed by atoms with van der Waals surface area (Å²) < 4.78 is 6.13. The van der Waals surface area contributed by atoms with E-state index in [1.165, 1.54) is 0 Å². The summed E-state index contributed by atoms with van der Waals surface area (Å²) in [6, 6.07) is 9.77. The highest BCUT2D eigenvalue weighted by Gasteiger charge is 2.35. The van der Waals surface area contributed by atoms with E-state index in [-0.39, 0.29) is 6.04 Å². The summed E-state index contributed by atoms with van der Waals surface area (Å²) in [6.07, 6.45) is 5.63. The molecule has 1 N–H and O–H groups in total. The van der Waals surface area contributed by atoms with Crippen LogP contribution in [0.1, 0.15) is 23.2 Å². The monoisotopic (exact) mass is 342 g/mol. The zero-order chi connectivity index (χ0) is 17.5. The topological polar surface area (TPSA) is 75.2 Å². The molecular formula is C19H14N6O. The number of rotatable bonds is 2. The van der Waals surface area contributed by atoms with Crippen LogP contribution in [-0.4, -0.2) is 26.5 Å². The van der Waals surface area contributed by atoms with Gasteiger partial charge in [0.25, 0.3) is 0 Å². The van der Waals surface area contributed by atoms with Crippen molar-refractivity contribution in [3.63, 3.8) is 0 Å². The van der Waals surface area contributed by atoms with Crippen LogP contribution in [0, 0.1) is 6.57 Å². The molecule has 1 aromatic carbocycles. The molecule has 5 rings (SSSR count). The highest BCUT2D eigenvalue weighted by Crippen LogP contribution is 2.37. The Bertz CT molecular complexity index is 1090. The summed E-state index contributed by atoms with van der Waals surface area (Å²) in [5, 5.41) is 1.05. The maximum absolute atomic E-state index is 7.07. The summed E-state index contributed by atoms with van der Waals surface area (Å²) >= 11 is 0. The lowest BCUT2D eigenvalue weighted by atomic mass is 10.0. The summed E-state index contributed by atoms with van der Waals surface area (Å²) in [5.41, 5.74) is 3.29. The van der Waals surface area contributed by atoms with E-state index < -0.39 is 0 Å². The number of imidazole rings is 1. The summed E-state index contributed by atoms with van der Waals surface area (Å²) in [5.74, 6) is 1.37. The van der Waals surface area contributed by atoms with Crippen LogP contribution in [0.25, 0.3) is 15.8 Å². The lowest BCUT2D eigenvalue weighted by Crippen LogP contribution is -2.37. The molecule has 1 atom stereocenters. The van der Waals surface area contributed by atoms with Gasteiger partial charge in [-0.15, -0.1) is 0 Å². The molecule has 3 aromatic heterocycles. The molecule has 7 heteroatoms. The van der Waals surface area contributed by atoms with Crippen molar-refractivity contribution in [3.8, 4) is 0 Å². The Labute approximate surface area is 149 Å². The van der Waals surface area contributed by atoms with E-state index in [0.717, 1.165) is 41.1 Å². The molecule has 4 aromatic rings. The van der Waals surface area contributed by atoms with E-state index in [4.69, 9.17) is 11.0 Å². The highest BCUT2D eigenvalue weighted by atomic mass is 16.3. The number of fused-ring (bicyclic) bond motifs is 2. The van der Waals surface area contributed by atoms with Gasteiger partial charge in [-0.25, -0.2) is 19.8 Å². The maximum Gasteiger partial charge on any atom is 0.223 e. The standard InChI is InChI=1S/C19H14N6O/c1-20-13-9-21-19(22-10-13)25-7-6-14-17(24-11-23-14)18(25)16-8-12-4-2-3-5-15(12)26-16/h2-5,8-11,18H,6-7H2,(H,23,24)/t18-/m1/s1. The SMILES string of the molecule is [C-]#[N+]c1cnc(N2CCc3[nH]cnc3[C@H]2c2cc3ccccc3o2)nc1. The van der Waals surface area contributed by atoms with Gasteiger partial charge >= 0.3 is 0 Å². The molecule has 0 fully saturated rings. The number of benzene rings is 1. The van der Waals surface area contributed by atoms with Crippen LogP contribution >= 0.6 is 0 Å². The number of anilines is 1. The Hall–Kier alpha value is -3.66. The predicted octanol–water partition coefficient (Wildman–Crippen LogP) is 3.65. The summed E-state index contributed by atoms with van der Waals surface area (Å²) in [4.78, 5) is 22.0. The minimum absolute atomic E-state index is 0.212. The Morgan fingerprint density at radius 2 is 2.04 bits per heavy atom. The van der Waals surface area contributed by atoms with E-state index in [0.29, 0.717) is 11.6 Å². The van der Waals surface area contributed by atoms with Gasteiger partial charge in [0, 0.05) is 36.4 Å². The first kappa shape index (κ1) is 14.7. The maximum atomic E-state index is 7.07. The predicted molar refractivity (Wildman–Crippen MR) is 96.0 cm³/mol. The molecule has 0 aliphatic carbocycles. The van der Waals surface area contributed by atoms with Crippen molar-refractivity contribution >= 4 is 22.6 Å². The fourth-order valence-corrected chi connectivity index (χ4v) is 3.44. The summed E-state index contributed by atoms with van der Waals surface area (Å²) in [7, 11) is 0. The Morgan fingerprint density at radius 1 is 1.19 bits per heavy atom. The number of aromatic nitrogens is 4. The van der Waals surface area contributed by atoms with E-state index in [1.807, 2.05) is 30.3 Å². The molecule has 7 nitrogen and oxygen atoms in total. The number of furan rings is 1. The van der Waals surface area contributed by atoms with Gasteiger partial charge in [0.15, 0.2) is 0 Å². The number of nitrogens with zero attached hydrogens (tertiary/aromatic N) is 5. The number of H-pyrrole nitrogens is 1. The van der Waals surface area contributed by atoms with Crippen molar-refractivity contribution in [2.75, 3.05) is 11.4 Å². The van der Waals surface area contributed by atoms with E-state index >= 15 is 0 Å². The normalized spacial score (nSPS) is 16.4. The molecule has 26 heavy (non-hydrogen) atoms. The molecule has 0 spiro atoms. The second-order valence-corrected chi connectivity index (χ2v) is 6.15. The molecular weight excluding hydrogens is 328 g/mol. The number of hydrogen-bond donors (Lipinski definition) is 1. The third-order valence-electron chi connectivity index (χ3n) is 4.65. The molecule has 0 saturated heterocycles. The van der Waals surface area contributed by atoms with Crippen LogP contribution in [0.2, 0.25) is 0 Å². The Morgan fingerprint density at radius 3 is 2.85 bits per heavy atom. The van der Waals surface area contributed by atoms with Crippen LogP contribution in [0.15, 0.2) is 53.5 Å². The average Bonchev–Trinajstić information content (AvgIpc) is 3.33. The molecule has 0 unspecified atom stereocenters. The minimum Gasteiger partial charge on any atom is -0.458 e. The lowest BCUT2D eigenvalue weighted by molar-refractivity contribution is 0.483. The van der Waals surface area contributed by atoms with Crippen LogP contribution in [0.4, 0.5) is 11.6 Å². The van der Waals surface area contributed by atoms with Crippen molar-refractivity contribution < 1.29 is 4.42 Å². The van der Waals surface area contributed by atoms with Crippen molar-refractivity contribution in [2.45, 2.75) is 12.5 Å². The van der Waals surface area contributed by atoms with E-state index in [2.05, 4.69) is 29.7 Å². The van der Waals surface area contributed by atoms with Crippen LogP contribution < -0.4 is 4.90 Å². The van der Waals surface area contributed by atoms with Gasteiger partial charge in [-0.2, -0.15) is 0 Å². The van der Waals surface area contributed by atoms with Gasteiger partial charge in [0.05, 0.1) is 18.6 Å². The Kier molecular flexibility index (Phi) is 3.22. The van der Waals surface area contributed by atoms with Crippen LogP contribution in [-0.2, 0) is 6.42 Å². The first-order valence-electron chi connectivity index (χ1n) is 8.30. The van der Waals surface area contributed by atoms with Crippen molar-refractivity contribution in [1.82, 2.24) is 19.9 Å². The first-order valence-corrected chi connectivity index (χ1v) is 8.30. The molecule has 126 valence electrons. The lowest BCUT2D eigenvalue weighted by Gasteiger charge is -2.33. The number of para-hydroxylation sites is 1. The van der Waals surface area contributed by atoms with Crippen molar-refractivity contribution in [3.05, 3.63) is 77.6 Å². The number of nitrogens with one attached hydrogen (secondary N) is 1.